The van der Waals surface area contributed by atoms with E-state index in [1.165, 1.54) is 0 Å². The van der Waals surface area contributed by atoms with Gasteiger partial charge in [-0.15, -0.1) is 0 Å². The van der Waals surface area contributed by atoms with Gasteiger partial charge in [0.15, 0.2) is 0 Å². The first-order valence-corrected chi connectivity index (χ1v) is 6.84. The summed E-state index contributed by atoms with van der Waals surface area (Å²) in [6.07, 6.45) is 3.03. The van der Waals surface area contributed by atoms with Gasteiger partial charge in [0.25, 0.3) is 0 Å². The number of amides is 2. The van der Waals surface area contributed by atoms with Crippen LogP contribution in [0.4, 0.5) is 4.79 Å². The van der Waals surface area contributed by atoms with E-state index in [2.05, 4.69) is 5.32 Å². The van der Waals surface area contributed by atoms with Gasteiger partial charge in [-0.3, -0.25) is 4.79 Å². The fourth-order valence-corrected chi connectivity index (χ4v) is 3.08. The number of carboxylic acids is 1. The number of methoxy groups -OCH3 is 1. The van der Waals surface area contributed by atoms with Gasteiger partial charge in [0.1, 0.15) is 0 Å². The van der Waals surface area contributed by atoms with Crippen molar-refractivity contribution in [2.45, 2.75) is 38.3 Å². The number of carbonyl (C=O) groups excluding carboxylic acids is 1. The van der Waals surface area contributed by atoms with Crippen molar-refractivity contribution in [1.82, 2.24) is 10.2 Å². The molecule has 6 nitrogen and oxygen atoms in total. The van der Waals surface area contributed by atoms with E-state index in [4.69, 9.17) is 9.84 Å². The Morgan fingerprint density at radius 2 is 2.05 bits per heavy atom. The highest BCUT2D eigenvalue weighted by Crippen LogP contribution is 2.25. The molecule has 0 spiro atoms. The number of carbonyl (C=O) groups is 2. The van der Waals surface area contributed by atoms with E-state index >= 15 is 0 Å². The van der Waals surface area contributed by atoms with Gasteiger partial charge >= 0.3 is 12.0 Å². The van der Waals surface area contributed by atoms with Crippen molar-refractivity contribution < 1.29 is 19.4 Å². The molecule has 1 aliphatic carbocycles. The van der Waals surface area contributed by atoms with Gasteiger partial charge in [0.05, 0.1) is 18.1 Å². The van der Waals surface area contributed by atoms with Gasteiger partial charge in [-0.2, -0.15) is 0 Å². The lowest BCUT2D eigenvalue weighted by Gasteiger charge is -2.24. The highest BCUT2D eigenvalue weighted by atomic mass is 16.5. The Balaban J connectivity index is 1.89. The van der Waals surface area contributed by atoms with Crippen LogP contribution in [0.25, 0.3) is 0 Å². The molecule has 0 radical (unpaired) electrons. The van der Waals surface area contributed by atoms with Gasteiger partial charge in [0, 0.05) is 20.2 Å². The van der Waals surface area contributed by atoms with Crippen molar-refractivity contribution in [1.29, 1.82) is 0 Å². The van der Waals surface area contributed by atoms with Crippen molar-refractivity contribution in [3.05, 3.63) is 0 Å². The Morgan fingerprint density at radius 1 is 1.32 bits per heavy atom. The van der Waals surface area contributed by atoms with Crippen molar-refractivity contribution in [2.75, 3.05) is 20.2 Å². The molecule has 1 saturated carbocycles. The maximum atomic E-state index is 12.1. The number of nitrogens with zero attached hydrogens (tertiary/aromatic N) is 1. The topological polar surface area (TPSA) is 78.9 Å². The van der Waals surface area contributed by atoms with Crippen LogP contribution in [-0.4, -0.2) is 54.4 Å². The monoisotopic (exact) mass is 270 g/mol. The number of nitrogens with one attached hydrogen (secondary N) is 1. The van der Waals surface area contributed by atoms with E-state index in [9.17, 15) is 9.59 Å². The summed E-state index contributed by atoms with van der Waals surface area (Å²) in [5.74, 6) is -1.27. The van der Waals surface area contributed by atoms with Crippen molar-refractivity contribution in [2.24, 2.45) is 11.8 Å². The highest BCUT2D eigenvalue weighted by Gasteiger charge is 2.38. The number of ether oxygens (including phenoxy) is 1. The highest BCUT2D eigenvalue weighted by molar-refractivity contribution is 5.78. The Bertz CT molecular complexity index is 361. The number of rotatable bonds is 3. The van der Waals surface area contributed by atoms with E-state index in [-0.39, 0.29) is 24.1 Å². The standard InChI is InChI=1S/C13H22N2O4/c1-8-6-15(7-9(8)12(16)17)13(18)14-10-4-3-5-11(10)19-2/h8-11H,3-7H2,1-2H3,(H,14,18)(H,16,17)/t8-,9-,10?,11?/m1/s1. The molecule has 2 rings (SSSR count). The number of likely N-dealkylation sites (tertiary alicyclic amines) is 1. The molecule has 2 N–H and O–H groups in total. The van der Waals surface area contributed by atoms with E-state index in [0.717, 1.165) is 19.3 Å². The number of urea groups is 1. The molecule has 2 amide bonds. The Labute approximate surface area is 113 Å². The van der Waals surface area contributed by atoms with Gasteiger partial charge < -0.3 is 20.1 Å². The van der Waals surface area contributed by atoms with Gasteiger partial charge in [0.2, 0.25) is 0 Å². The summed E-state index contributed by atoms with van der Waals surface area (Å²) < 4.78 is 5.34. The minimum atomic E-state index is -0.821. The van der Waals surface area contributed by atoms with Crippen LogP contribution >= 0.6 is 0 Å². The molecule has 0 aromatic carbocycles. The summed E-state index contributed by atoms with van der Waals surface area (Å²) >= 11 is 0. The van der Waals surface area contributed by atoms with Crippen LogP contribution in [0.5, 0.6) is 0 Å². The Kier molecular flexibility index (Phi) is 4.29. The third-order valence-corrected chi connectivity index (χ3v) is 4.28. The molecule has 0 aromatic rings. The minimum Gasteiger partial charge on any atom is -0.481 e. The average molecular weight is 270 g/mol. The molecular weight excluding hydrogens is 248 g/mol. The lowest BCUT2D eigenvalue weighted by atomic mass is 9.99. The minimum absolute atomic E-state index is 0.00468. The smallest absolute Gasteiger partial charge is 0.317 e. The zero-order valence-electron chi connectivity index (χ0n) is 11.5. The van der Waals surface area contributed by atoms with E-state index in [0.29, 0.717) is 13.1 Å². The summed E-state index contributed by atoms with van der Waals surface area (Å²) in [6.45, 7) is 2.68. The molecule has 2 aliphatic rings. The number of hydrogen-bond acceptors (Lipinski definition) is 3. The molecule has 1 heterocycles. The SMILES string of the molecule is COC1CCCC1NC(=O)N1C[C@@H](C)[C@H](C(=O)O)C1. The van der Waals surface area contributed by atoms with Crippen LogP contribution in [0.15, 0.2) is 0 Å². The molecule has 108 valence electrons. The molecular formula is C13H22N2O4. The summed E-state index contributed by atoms with van der Waals surface area (Å²) in [5.41, 5.74) is 0. The first-order chi connectivity index (χ1) is 9.02. The number of carboxylic acid groups (broad SMARTS) is 1. The maximum absolute atomic E-state index is 12.1. The van der Waals surface area contributed by atoms with E-state index in [1.807, 2.05) is 6.92 Å². The molecule has 6 heteroatoms. The molecule has 1 saturated heterocycles. The predicted molar refractivity (Wildman–Crippen MR) is 68.8 cm³/mol. The normalized spacial score (nSPS) is 34.5. The number of aliphatic carboxylic acids is 1. The van der Waals surface area contributed by atoms with Crippen molar-refractivity contribution >= 4 is 12.0 Å². The maximum Gasteiger partial charge on any atom is 0.317 e. The third kappa shape index (κ3) is 3.00. The largest absolute Gasteiger partial charge is 0.481 e. The summed E-state index contributed by atoms with van der Waals surface area (Å²) in [7, 11) is 1.66. The van der Waals surface area contributed by atoms with Crippen LogP contribution < -0.4 is 5.32 Å². The molecule has 0 aromatic heterocycles. The zero-order chi connectivity index (χ0) is 14.0. The van der Waals surface area contributed by atoms with Crippen LogP contribution in [0.1, 0.15) is 26.2 Å². The van der Waals surface area contributed by atoms with Gasteiger partial charge in [-0.25, -0.2) is 4.79 Å². The fourth-order valence-electron chi connectivity index (χ4n) is 3.08. The second-order valence-electron chi connectivity index (χ2n) is 5.59. The van der Waals surface area contributed by atoms with Crippen LogP contribution in [0.2, 0.25) is 0 Å². The van der Waals surface area contributed by atoms with Crippen molar-refractivity contribution in [3.63, 3.8) is 0 Å². The van der Waals surface area contributed by atoms with Crippen LogP contribution in [0, 0.1) is 11.8 Å². The first-order valence-electron chi connectivity index (χ1n) is 6.84. The van der Waals surface area contributed by atoms with Crippen LogP contribution in [-0.2, 0) is 9.53 Å². The summed E-state index contributed by atoms with van der Waals surface area (Å²) in [5, 5.41) is 12.0. The second-order valence-corrected chi connectivity index (χ2v) is 5.59. The lowest BCUT2D eigenvalue weighted by molar-refractivity contribution is -0.142. The van der Waals surface area contributed by atoms with Gasteiger partial charge in [-0.1, -0.05) is 6.92 Å². The van der Waals surface area contributed by atoms with Crippen molar-refractivity contribution in [3.8, 4) is 0 Å². The predicted octanol–water partition coefficient (Wildman–Crippen LogP) is 0.916. The quantitative estimate of drug-likeness (QED) is 0.799. The molecule has 19 heavy (non-hydrogen) atoms. The molecule has 2 fully saturated rings. The van der Waals surface area contributed by atoms with E-state index in [1.54, 1.807) is 12.0 Å². The molecule has 0 bridgehead atoms. The molecule has 2 unspecified atom stereocenters. The Hall–Kier alpha value is -1.30. The molecule has 1 aliphatic heterocycles. The van der Waals surface area contributed by atoms with E-state index < -0.39 is 11.9 Å². The summed E-state index contributed by atoms with van der Waals surface area (Å²) in [6, 6.07) is -0.110. The molecule has 4 atom stereocenters. The number of hydrogen-bond donors (Lipinski definition) is 2. The first kappa shape index (κ1) is 14.1. The Morgan fingerprint density at radius 3 is 2.63 bits per heavy atom. The summed E-state index contributed by atoms with van der Waals surface area (Å²) in [4.78, 5) is 24.8. The van der Waals surface area contributed by atoms with Gasteiger partial charge in [-0.05, 0) is 25.2 Å². The third-order valence-electron chi connectivity index (χ3n) is 4.28. The van der Waals surface area contributed by atoms with Crippen LogP contribution in [0.3, 0.4) is 0 Å². The average Bonchev–Trinajstić information content (AvgIpc) is 2.95. The zero-order valence-corrected chi connectivity index (χ0v) is 11.5. The fraction of sp³-hybridized carbons (Fsp3) is 0.846. The second kappa shape index (κ2) is 5.77. The lowest BCUT2D eigenvalue weighted by Crippen LogP contribution is -2.47.